The van der Waals surface area contributed by atoms with Gasteiger partial charge in [0, 0.05) is 12.6 Å². The molecule has 2 heteroatoms. The Morgan fingerprint density at radius 3 is 2.36 bits per heavy atom. The average Bonchev–Trinajstić information content (AvgIpc) is 2.63. The molecule has 0 aliphatic heterocycles. The van der Waals surface area contributed by atoms with Crippen LogP contribution in [0.2, 0.25) is 0 Å². The van der Waals surface area contributed by atoms with E-state index in [0.29, 0.717) is 12.1 Å². The van der Waals surface area contributed by atoms with Crippen molar-refractivity contribution < 1.29 is 4.74 Å². The minimum atomic E-state index is 0.318. The highest BCUT2D eigenvalue weighted by Gasteiger charge is 2.25. The molecule has 2 nitrogen and oxygen atoms in total. The Labute approximate surface area is 87.2 Å². The van der Waals surface area contributed by atoms with Crippen molar-refractivity contribution in [2.45, 2.75) is 63.5 Å². The Morgan fingerprint density at radius 2 is 1.71 bits per heavy atom. The summed E-state index contributed by atoms with van der Waals surface area (Å²) in [6, 6.07) is 0.318. The van der Waals surface area contributed by atoms with Crippen LogP contribution in [0, 0.1) is 5.92 Å². The van der Waals surface area contributed by atoms with Crippen LogP contribution in [0.3, 0.4) is 0 Å². The van der Waals surface area contributed by atoms with Crippen LogP contribution in [0.25, 0.3) is 0 Å². The van der Waals surface area contributed by atoms with Gasteiger partial charge in [0.05, 0.1) is 6.10 Å². The number of rotatable bonds is 3. The van der Waals surface area contributed by atoms with E-state index in [1.54, 1.807) is 0 Å². The summed E-state index contributed by atoms with van der Waals surface area (Å²) >= 11 is 0. The highest BCUT2D eigenvalue weighted by Crippen LogP contribution is 2.26. The van der Waals surface area contributed by atoms with Gasteiger partial charge in [-0.25, -0.2) is 0 Å². The normalized spacial score (nSPS) is 34.9. The van der Waals surface area contributed by atoms with Crippen LogP contribution in [0.4, 0.5) is 0 Å². The van der Waals surface area contributed by atoms with E-state index in [9.17, 15) is 0 Å². The third-order valence-corrected chi connectivity index (χ3v) is 3.77. The molecule has 2 aliphatic rings. The minimum absolute atomic E-state index is 0.318. The van der Waals surface area contributed by atoms with E-state index in [4.69, 9.17) is 10.5 Å². The van der Waals surface area contributed by atoms with Crippen LogP contribution >= 0.6 is 0 Å². The zero-order valence-electron chi connectivity index (χ0n) is 9.08. The monoisotopic (exact) mass is 197 g/mol. The van der Waals surface area contributed by atoms with Gasteiger partial charge in [0.2, 0.25) is 0 Å². The molecule has 0 aromatic heterocycles. The van der Waals surface area contributed by atoms with Gasteiger partial charge < -0.3 is 10.5 Å². The third kappa shape index (κ3) is 2.71. The van der Waals surface area contributed by atoms with E-state index in [1.165, 1.54) is 44.9 Å². The van der Waals surface area contributed by atoms with Crippen molar-refractivity contribution in [2.24, 2.45) is 11.7 Å². The van der Waals surface area contributed by atoms with E-state index >= 15 is 0 Å². The number of nitrogens with two attached hydrogens (primary N) is 1. The lowest BCUT2D eigenvalue weighted by Gasteiger charge is -2.24. The van der Waals surface area contributed by atoms with Gasteiger partial charge in [0.25, 0.3) is 0 Å². The highest BCUT2D eigenvalue weighted by atomic mass is 16.5. The highest BCUT2D eigenvalue weighted by molar-refractivity contribution is 4.81. The molecule has 0 unspecified atom stereocenters. The van der Waals surface area contributed by atoms with Crippen molar-refractivity contribution >= 4 is 0 Å². The van der Waals surface area contributed by atoms with Crippen molar-refractivity contribution in [3.8, 4) is 0 Å². The van der Waals surface area contributed by atoms with Gasteiger partial charge in [0.1, 0.15) is 0 Å². The van der Waals surface area contributed by atoms with Crippen molar-refractivity contribution in [1.82, 2.24) is 0 Å². The Balaban J connectivity index is 1.65. The fraction of sp³-hybridized carbons (Fsp3) is 1.00. The summed E-state index contributed by atoms with van der Waals surface area (Å²) in [7, 11) is 0. The van der Waals surface area contributed by atoms with Crippen molar-refractivity contribution in [3.05, 3.63) is 0 Å². The smallest absolute Gasteiger partial charge is 0.0726 e. The summed E-state index contributed by atoms with van der Waals surface area (Å²) in [5.74, 6) is 0.830. The Morgan fingerprint density at radius 1 is 0.929 bits per heavy atom. The Kier molecular flexibility index (Phi) is 3.82. The van der Waals surface area contributed by atoms with Gasteiger partial charge in [0.15, 0.2) is 0 Å². The molecule has 0 heterocycles. The third-order valence-electron chi connectivity index (χ3n) is 3.77. The topological polar surface area (TPSA) is 35.2 Å². The van der Waals surface area contributed by atoms with Crippen molar-refractivity contribution in [2.75, 3.05) is 6.61 Å². The van der Waals surface area contributed by atoms with Gasteiger partial charge in [-0.05, 0) is 38.0 Å². The summed E-state index contributed by atoms with van der Waals surface area (Å²) in [5.41, 5.74) is 5.97. The molecule has 0 spiro atoms. The first-order valence-electron chi connectivity index (χ1n) is 6.23. The molecule has 0 amide bonds. The molecule has 0 bridgehead atoms. The van der Waals surface area contributed by atoms with E-state index in [0.717, 1.165) is 18.9 Å². The fourth-order valence-corrected chi connectivity index (χ4v) is 2.78. The predicted octanol–water partition coefficient (Wildman–Crippen LogP) is 2.46. The zero-order valence-corrected chi connectivity index (χ0v) is 9.08. The maximum Gasteiger partial charge on any atom is 0.0726 e. The largest absolute Gasteiger partial charge is 0.376 e. The number of hydrogen-bond donors (Lipinski definition) is 1. The molecule has 0 aromatic rings. The molecule has 2 atom stereocenters. The van der Waals surface area contributed by atoms with Crippen LogP contribution in [-0.2, 0) is 4.74 Å². The Hall–Kier alpha value is -0.0800. The Bertz CT molecular complexity index is 166. The van der Waals surface area contributed by atoms with Crippen LogP contribution in [0.5, 0.6) is 0 Å². The molecular weight excluding hydrogens is 174 g/mol. The maximum absolute atomic E-state index is 5.97. The fourth-order valence-electron chi connectivity index (χ4n) is 2.78. The van der Waals surface area contributed by atoms with Crippen LogP contribution < -0.4 is 5.73 Å². The summed E-state index contributed by atoms with van der Waals surface area (Å²) in [6.07, 6.45) is 11.0. The average molecular weight is 197 g/mol. The molecule has 2 N–H and O–H groups in total. The lowest BCUT2D eigenvalue weighted by molar-refractivity contribution is 0.0168. The minimum Gasteiger partial charge on any atom is -0.376 e. The van der Waals surface area contributed by atoms with Gasteiger partial charge in [-0.15, -0.1) is 0 Å². The standard InChI is InChI=1S/C12H23NO/c13-11-7-4-8-12(11)14-9-10-5-2-1-3-6-10/h10-12H,1-9,13H2/t11-,12-/m0/s1. The van der Waals surface area contributed by atoms with Crippen LogP contribution in [0.1, 0.15) is 51.4 Å². The first-order valence-corrected chi connectivity index (χ1v) is 6.23. The quantitative estimate of drug-likeness (QED) is 0.754. The summed E-state index contributed by atoms with van der Waals surface area (Å²) < 4.78 is 5.93. The van der Waals surface area contributed by atoms with Gasteiger partial charge >= 0.3 is 0 Å². The van der Waals surface area contributed by atoms with Crippen LogP contribution in [0.15, 0.2) is 0 Å². The molecular formula is C12H23NO. The van der Waals surface area contributed by atoms with E-state index in [2.05, 4.69) is 0 Å². The molecule has 14 heavy (non-hydrogen) atoms. The van der Waals surface area contributed by atoms with E-state index in [-0.39, 0.29) is 0 Å². The molecule has 0 aromatic carbocycles. The van der Waals surface area contributed by atoms with E-state index in [1.807, 2.05) is 0 Å². The first-order chi connectivity index (χ1) is 6.86. The molecule has 2 saturated carbocycles. The molecule has 0 saturated heterocycles. The zero-order chi connectivity index (χ0) is 9.80. The molecule has 82 valence electrons. The molecule has 2 rings (SSSR count). The lowest BCUT2D eigenvalue weighted by atomic mass is 9.90. The molecule has 2 aliphatic carbocycles. The first kappa shape index (κ1) is 10.4. The van der Waals surface area contributed by atoms with Crippen molar-refractivity contribution in [3.63, 3.8) is 0 Å². The van der Waals surface area contributed by atoms with Gasteiger partial charge in [-0.2, -0.15) is 0 Å². The molecule has 2 fully saturated rings. The summed E-state index contributed by atoms with van der Waals surface area (Å²) in [4.78, 5) is 0. The van der Waals surface area contributed by atoms with Crippen LogP contribution in [-0.4, -0.2) is 18.8 Å². The van der Waals surface area contributed by atoms with Crippen molar-refractivity contribution in [1.29, 1.82) is 0 Å². The van der Waals surface area contributed by atoms with Gasteiger partial charge in [-0.3, -0.25) is 0 Å². The second-order valence-corrected chi connectivity index (χ2v) is 4.97. The lowest BCUT2D eigenvalue weighted by Crippen LogP contribution is -2.33. The second kappa shape index (κ2) is 5.13. The molecule has 0 radical (unpaired) electrons. The predicted molar refractivity (Wildman–Crippen MR) is 58.1 cm³/mol. The second-order valence-electron chi connectivity index (χ2n) is 4.97. The summed E-state index contributed by atoms with van der Waals surface area (Å²) in [5, 5.41) is 0. The number of hydrogen-bond acceptors (Lipinski definition) is 2. The van der Waals surface area contributed by atoms with Gasteiger partial charge in [-0.1, -0.05) is 19.3 Å². The van der Waals surface area contributed by atoms with E-state index < -0.39 is 0 Å². The SMILES string of the molecule is N[C@H]1CCC[C@@H]1OCC1CCCCC1. The summed E-state index contributed by atoms with van der Waals surface area (Å²) in [6.45, 7) is 0.971. The number of ether oxygens (including phenoxy) is 1. The maximum atomic E-state index is 5.97.